The number of carbonyl (C=O) groups is 1. The second-order valence-electron chi connectivity index (χ2n) is 5.61. The highest BCUT2D eigenvalue weighted by atomic mass is 16.5. The maximum absolute atomic E-state index is 11.9. The summed E-state index contributed by atoms with van der Waals surface area (Å²) in [4.78, 5) is 11.9. The highest BCUT2D eigenvalue weighted by Gasteiger charge is 2.14. The van der Waals surface area contributed by atoms with Gasteiger partial charge in [-0.1, -0.05) is 31.4 Å². The number of nitrogens with one attached hydrogen (secondary N) is 1. The molecule has 0 atom stereocenters. The molecular formula is C16H24N2O2. The molecule has 4 nitrogen and oxygen atoms in total. The molecule has 1 aromatic rings. The molecule has 1 amide bonds. The molecule has 0 saturated heterocycles. The van der Waals surface area contributed by atoms with Gasteiger partial charge in [0, 0.05) is 0 Å². The van der Waals surface area contributed by atoms with Gasteiger partial charge in [0.2, 0.25) is 5.91 Å². The Kier molecular flexibility index (Phi) is 5.41. The molecule has 3 N–H and O–H groups in total. The van der Waals surface area contributed by atoms with Crippen molar-refractivity contribution in [2.75, 3.05) is 24.3 Å². The number of hydrogen-bond acceptors (Lipinski definition) is 3. The molecule has 1 aliphatic rings. The summed E-state index contributed by atoms with van der Waals surface area (Å²) >= 11 is 0. The smallest absolute Gasteiger partial charge is 0.250 e. The van der Waals surface area contributed by atoms with E-state index < -0.39 is 0 Å². The van der Waals surface area contributed by atoms with Crippen LogP contribution in [-0.4, -0.2) is 19.1 Å². The van der Waals surface area contributed by atoms with Gasteiger partial charge >= 0.3 is 0 Å². The zero-order valence-corrected chi connectivity index (χ0v) is 12.2. The lowest BCUT2D eigenvalue weighted by Crippen LogP contribution is -2.22. The molecule has 20 heavy (non-hydrogen) atoms. The first-order chi connectivity index (χ1) is 9.66. The van der Waals surface area contributed by atoms with Crippen molar-refractivity contribution in [1.29, 1.82) is 0 Å². The normalized spacial score (nSPS) is 16.1. The largest absolute Gasteiger partial charge is 0.397 e. The minimum Gasteiger partial charge on any atom is -0.397 e. The van der Waals surface area contributed by atoms with Crippen LogP contribution >= 0.6 is 0 Å². The average Bonchev–Trinajstić information content (AvgIpc) is 2.44. The predicted molar refractivity (Wildman–Crippen MR) is 81.6 cm³/mol. The summed E-state index contributed by atoms with van der Waals surface area (Å²) < 4.78 is 5.53. The lowest BCUT2D eigenvalue weighted by molar-refractivity contribution is -0.121. The third kappa shape index (κ3) is 4.23. The van der Waals surface area contributed by atoms with Crippen molar-refractivity contribution in [3.8, 4) is 0 Å². The molecule has 0 radical (unpaired) electrons. The number of rotatable bonds is 5. The average molecular weight is 276 g/mol. The topological polar surface area (TPSA) is 64.3 Å². The number of nitrogens with two attached hydrogens (primary N) is 1. The number of benzene rings is 1. The van der Waals surface area contributed by atoms with E-state index in [1.807, 2.05) is 19.1 Å². The second-order valence-corrected chi connectivity index (χ2v) is 5.61. The van der Waals surface area contributed by atoms with Crippen molar-refractivity contribution < 1.29 is 9.53 Å². The van der Waals surface area contributed by atoms with E-state index in [1.54, 1.807) is 6.07 Å². The number of nitrogen functional groups attached to an aromatic ring is 1. The Morgan fingerprint density at radius 3 is 2.80 bits per heavy atom. The van der Waals surface area contributed by atoms with E-state index in [4.69, 9.17) is 10.5 Å². The molecule has 1 saturated carbocycles. The van der Waals surface area contributed by atoms with Crippen LogP contribution in [0.2, 0.25) is 0 Å². The van der Waals surface area contributed by atoms with E-state index >= 15 is 0 Å². The first kappa shape index (κ1) is 14.9. The zero-order valence-electron chi connectivity index (χ0n) is 12.2. The third-order valence-corrected chi connectivity index (χ3v) is 3.88. The Bertz CT molecular complexity index is 434. The lowest BCUT2D eigenvalue weighted by atomic mass is 9.90. The minimum absolute atomic E-state index is 0.101. The van der Waals surface area contributed by atoms with Crippen LogP contribution in [0.15, 0.2) is 18.2 Å². The van der Waals surface area contributed by atoms with Gasteiger partial charge in [-0.2, -0.15) is 0 Å². The molecule has 1 fully saturated rings. The summed E-state index contributed by atoms with van der Waals surface area (Å²) in [6.07, 6.45) is 6.38. The molecule has 0 spiro atoms. The van der Waals surface area contributed by atoms with Crippen molar-refractivity contribution >= 4 is 17.3 Å². The highest BCUT2D eigenvalue weighted by molar-refractivity contribution is 5.95. The number of ether oxygens (including phenoxy) is 1. The van der Waals surface area contributed by atoms with E-state index in [2.05, 4.69) is 5.32 Å². The predicted octanol–water partition coefficient (Wildman–Crippen LogP) is 3.11. The lowest BCUT2D eigenvalue weighted by Gasteiger charge is -2.21. The molecule has 4 heteroatoms. The Balaban J connectivity index is 1.75. The number of carbonyl (C=O) groups excluding carboxylic acids is 1. The molecular weight excluding hydrogens is 252 g/mol. The molecule has 0 aromatic heterocycles. The van der Waals surface area contributed by atoms with Gasteiger partial charge in [0.1, 0.15) is 6.61 Å². The Morgan fingerprint density at radius 1 is 1.35 bits per heavy atom. The Morgan fingerprint density at radius 2 is 2.10 bits per heavy atom. The maximum Gasteiger partial charge on any atom is 0.250 e. The van der Waals surface area contributed by atoms with Crippen molar-refractivity contribution in [3.05, 3.63) is 23.8 Å². The van der Waals surface area contributed by atoms with Gasteiger partial charge in [0.25, 0.3) is 0 Å². The summed E-state index contributed by atoms with van der Waals surface area (Å²) in [5, 5.41) is 2.83. The van der Waals surface area contributed by atoms with Crippen LogP contribution in [0.4, 0.5) is 11.4 Å². The van der Waals surface area contributed by atoms with Crippen LogP contribution in [0, 0.1) is 12.8 Å². The summed E-state index contributed by atoms with van der Waals surface area (Å²) in [5.74, 6) is 0.488. The maximum atomic E-state index is 11.9. The molecule has 0 aliphatic heterocycles. The van der Waals surface area contributed by atoms with E-state index in [0.29, 0.717) is 23.9 Å². The zero-order chi connectivity index (χ0) is 14.4. The van der Waals surface area contributed by atoms with Crippen LogP contribution < -0.4 is 11.1 Å². The highest BCUT2D eigenvalue weighted by Crippen LogP contribution is 2.24. The van der Waals surface area contributed by atoms with Crippen LogP contribution in [0.1, 0.15) is 37.7 Å². The number of aryl methyl sites for hydroxylation is 1. The standard InChI is InChI=1S/C16H24N2O2/c1-12-6-5-9-14(17)16(12)18-15(19)11-20-10-13-7-3-2-4-8-13/h5-6,9,13H,2-4,7-8,10-11,17H2,1H3,(H,18,19). The summed E-state index contributed by atoms with van der Waals surface area (Å²) in [5.41, 5.74) is 8.11. The van der Waals surface area contributed by atoms with Gasteiger partial charge in [-0.25, -0.2) is 0 Å². The van der Waals surface area contributed by atoms with Crippen molar-refractivity contribution in [3.63, 3.8) is 0 Å². The van der Waals surface area contributed by atoms with E-state index in [0.717, 1.165) is 5.56 Å². The van der Waals surface area contributed by atoms with Gasteiger partial charge in [-0.3, -0.25) is 4.79 Å². The van der Waals surface area contributed by atoms with E-state index in [9.17, 15) is 4.79 Å². The van der Waals surface area contributed by atoms with Crippen molar-refractivity contribution in [2.24, 2.45) is 5.92 Å². The van der Waals surface area contributed by atoms with Crippen LogP contribution in [0.3, 0.4) is 0 Å². The summed E-state index contributed by atoms with van der Waals surface area (Å²) in [6, 6.07) is 5.58. The third-order valence-electron chi connectivity index (χ3n) is 3.88. The molecule has 2 rings (SSSR count). The van der Waals surface area contributed by atoms with Gasteiger partial charge in [0.05, 0.1) is 18.0 Å². The first-order valence-corrected chi connectivity index (χ1v) is 7.39. The van der Waals surface area contributed by atoms with Gasteiger partial charge < -0.3 is 15.8 Å². The van der Waals surface area contributed by atoms with Crippen molar-refractivity contribution in [2.45, 2.75) is 39.0 Å². The molecule has 0 unspecified atom stereocenters. The van der Waals surface area contributed by atoms with Gasteiger partial charge in [-0.05, 0) is 37.3 Å². The fraction of sp³-hybridized carbons (Fsp3) is 0.562. The first-order valence-electron chi connectivity index (χ1n) is 7.39. The fourth-order valence-electron chi connectivity index (χ4n) is 2.71. The molecule has 110 valence electrons. The van der Waals surface area contributed by atoms with Crippen LogP contribution in [0.5, 0.6) is 0 Å². The number of amides is 1. The molecule has 0 bridgehead atoms. The second kappa shape index (κ2) is 7.29. The van der Waals surface area contributed by atoms with E-state index in [-0.39, 0.29) is 12.5 Å². The SMILES string of the molecule is Cc1cccc(N)c1NC(=O)COCC1CCCCC1. The van der Waals surface area contributed by atoms with Crippen LogP contribution in [-0.2, 0) is 9.53 Å². The fourth-order valence-corrected chi connectivity index (χ4v) is 2.71. The van der Waals surface area contributed by atoms with Gasteiger partial charge in [0.15, 0.2) is 0 Å². The number of anilines is 2. The monoisotopic (exact) mass is 276 g/mol. The Labute approximate surface area is 120 Å². The Hall–Kier alpha value is -1.55. The van der Waals surface area contributed by atoms with Crippen molar-refractivity contribution in [1.82, 2.24) is 0 Å². The van der Waals surface area contributed by atoms with Gasteiger partial charge in [-0.15, -0.1) is 0 Å². The minimum atomic E-state index is -0.137. The summed E-state index contributed by atoms with van der Waals surface area (Å²) in [7, 11) is 0. The number of para-hydroxylation sites is 1. The quantitative estimate of drug-likeness (QED) is 0.812. The van der Waals surface area contributed by atoms with Crippen LogP contribution in [0.25, 0.3) is 0 Å². The molecule has 0 heterocycles. The van der Waals surface area contributed by atoms with E-state index in [1.165, 1.54) is 32.1 Å². The molecule has 1 aromatic carbocycles. The molecule has 1 aliphatic carbocycles. The summed E-state index contributed by atoms with van der Waals surface area (Å²) in [6.45, 7) is 2.72. The number of hydrogen-bond donors (Lipinski definition) is 2.